The number of carbonyl (C=O) groups is 2. The molecule has 0 aliphatic rings. The van der Waals surface area contributed by atoms with Gasteiger partial charge in [-0.05, 0) is 61.2 Å². The van der Waals surface area contributed by atoms with E-state index in [1.807, 2.05) is 20.8 Å². The van der Waals surface area contributed by atoms with Crippen molar-refractivity contribution in [2.75, 3.05) is 0 Å². The number of allylic oxidation sites excluding steroid dienone is 1. The standard InChI is InChI=1S/C23H25ClO6/c1-22(2,3)16-10-13(11-19(20(16)27)30-23(4,5)21(28)29)6-9-17(25)15-8-7-14(24)12-18(15)26/h6-12,26-27H,1-5H3,(H,28,29)/b9-6+. The Balaban J connectivity index is 2.48. The molecule has 0 aliphatic carbocycles. The van der Waals surface area contributed by atoms with E-state index in [9.17, 15) is 24.9 Å². The van der Waals surface area contributed by atoms with E-state index in [2.05, 4.69) is 0 Å². The molecule has 0 bridgehead atoms. The van der Waals surface area contributed by atoms with Gasteiger partial charge in [-0.3, -0.25) is 4.79 Å². The number of carboxylic acids is 1. The average Bonchev–Trinajstić information content (AvgIpc) is 2.60. The van der Waals surface area contributed by atoms with Crippen LogP contribution in [0.1, 0.15) is 56.1 Å². The summed E-state index contributed by atoms with van der Waals surface area (Å²) >= 11 is 5.79. The molecule has 0 radical (unpaired) electrons. The van der Waals surface area contributed by atoms with Gasteiger partial charge in [-0.25, -0.2) is 4.79 Å². The lowest BCUT2D eigenvalue weighted by atomic mass is 9.85. The number of phenols is 2. The molecule has 2 aromatic carbocycles. The molecule has 3 N–H and O–H groups in total. The summed E-state index contributed by atoms with van der Waals surface area (Å²) in [5.41, 5.74) is -0.898. The Morgan fingerprint density at radius 1 is 1.03 bits per heavy atom. The SMILES string of the molecule is CC(C)(Oc1cc(/C=C/C(=O)c2ccc(Cl)cc2O)cc(C(C)(C)C)c1O)C(=O)O. The van der Waals surface area contributed by atoms with Crippen molar-refractivity contribution in [2.24, 2.45) is 0 Å². The van der Waals surface area contributed by atoms with Gasteiger partial charge in [0.05, 0.1) is 5.56 Å². The molecule has 0 atom stereocenters. The van der Waals surface area contributed by atoms with Crippen LogP contribution in [0, 0.1) is 0 Å². The molecule has 0 aliphatic heterocycles. The van der Waals surface area contributed by atoms with Gasteiger partial charge in [0.1, 0.15) is 5.75 Å². The van der Waals surface area contributed by atoms with Gasteiger partial charge < -0.3 is 20.1 Å². The van der Waals surface area contributed by atoms with Crippen LogP contribution < -0.4 is 4.74 Å². The van der Waals surface area contributed by atoms with Crippen molar-refractivity contribution in [1.82, 2.24) is 0 Å². The third-order valence-corrected chi connectivity index (χ3v) is 4.67. The first kappa shape index (κ1) is 23.3. The minimum atomic E-state index is -1.57. The number of phenolic OH excluding ortho intramolecular Hbond substituents is 2. The number of hydrogen-bond acceptors (Lipinski definition) is 5. The monoisotopic (exact) mass is 432 g/mol. The predicted octanol–water partition coefficient (Wildman–Crippen LogP) is 5.19. The number of hydrogen-bond donors (Lipinski definition) is 3. The maximum atomic E-state index is 12.5. The van der Waals surface area contributed by atoms with Gasteiger partial charge in [0.25, 0.3) is 0 Å². The van der Waals surface area contributed by atoms with Gasteiger partial charge in [0.15, 0.2) is 22.9 Å². The number of carboxylic acid groups (broad SMARTS) is 1. The first-order valence-corrected chi connectivity index (χ1v) is 9.61. The summed E-state index contributed by atoms with van der Waals surface area (Å²) in [6, 6.07) is 7.36. The lowest BCUT2D eigenvalue weighted by Crippen LogP contribution is -2.38. The predicted molar refractivity (Wildman–Crippen MR) is 116 cm³/mol. The molecule has 2 rings (SSSR count). The number of halogens is 1. The van der Waals surface area contributed by atoms with Crippen LogP contribution in [-0.4, -0.2) is 32.7 Å². The number of carbonyl (C=O) groups excluding carboxylic acids is 1. The van der Waals surface area contributed by atoms with E-state index in [1.54, 1.807) is 6.07 Å². The Morgan fingerprint density at radius 3 is 2.20 bits per heavy atom. The third-order valence-electron chi connectivity index (χ3n) is 4.44. The molecular formula is C23H25ClO6. The van der Waals surface area contributed by atoms with E-state index < -0.39 is 22.8 Å². The highest BCUT2D eigenvalue weighted by Gasteiger charge is 2.32. The number of benzene rings is 2. The second-order valence-electron chi connectivity index (χ2n) is 8.44. The minimum Gasteiger partial charge on any atom is -0.507 e. The molecule has 0 amide bonds. The van der Waals surface area contributed by atoms with Crippen molar-refractivity contribution in [3.05, 3.63) is 58.1 Å². The van der Waals surface area contributed by atoms with E-state index in [1.165, 1.54) is 50.3 Å². The van der Waals surface area contributed by atoms with Gasteiger partial charge in [0.2, 0.25) is 0 Å². The Morgan fingerprint density at radius 2 is 1.67 bits per heavy atom. The maximum absolute atomic E-state index is 12.5. The molecule has 6 nitrogen and oxygen atoms in total. The van der Waals surface area contributed by atoms with Gasteiger partial charge in [-0.1, -0.05) is 38.4 Å². The molecular weight excluding hydrogens is 408 g/mol. The summed E-state index contributed by atoms with van der Waals surface area (Å²) in [5, 5.41) is 30.2. The summed E-state index contributed by atoms with van der Waals surface area (Å²) in [6.45, 7) is 8.41. The van der Waals surface area contributed by atoms with Crippen LogP contribution in [0.5, 0.6) is 17.2 Å². The number of ether oxygens (including phenoxy) is 1. The molecule has 0 saturated heterocycles. The fourth-order valence-corrected chi connectivity index (χ4v) is 2.83. The third kappa shape index (κ3) is 5.33. The molecule has 0 aromatic heterocycles. The maximum Gasteiger partial charge on any atom is 0.347 e. The van der Waals surface area contributed by atoms with Crippen molar-refractivity contribution >= 4 is 29.4 Å². The summed E-state index contributed by atoms with van der Waals surface area (Å²) in [4.78, 5) is 23.9. The Labute approximate surface area is 180 Å². The van der Waals surface area contributed by atoms with Gasteiger partial charge in [0, 0.05) is 10.6 Å². The lowest BCUT2D eigenvalue weighted by Gasteiger charge is -2.26. The fraction of sp³-hybridized carbons (Fsp3) is 0.304. The van der Waals surface area contributed by atoms with Crippen LogP contribution in [-0.2, 0) is 10.2 Å². The molecule has 2 aromatic rings. The number of ketones is 1. The van der Waals surface area contributed by atoms with E-state index in [0.717, 1.165) is 0 Å². The zero-order valence-corrected chi connectivity index (χ0v) is 18.2. The Bertz CT molecular complexity index is 1020. The van der Waals surface area contributed by atoms with Crippen LogP contribution in [0.4, 0.5) is 0 Å². The van der Waals surface area contributed by atoms with Crippen LogP contribution in [0.25, 0.3) is 6.08 Å². The Hall–Kier alpha value is -2.99. The first-order valence-electron chi connectivity index (χ1n) is 9.23. The molecule has 160 valence electrons. The summed E-state index contributed by atoms with van der Waals surface area (Å²) < 4.78 is 5.57. The minimum absolute atomic E-state index is 0.00346. The number of aromatic hydroxyl groups is 2. The van der Waals surface area contributed by atoms with E-state index in [0.29, 0.717) is 16.1 Å². The van der Waals surface area contributed by atoms with Crippen LogP contribution in [0.2, 0.25) is 5.02 Å². The van der Waals surface area contributed by atoms with Crippen LogP contribution in [0.3, 0.4) is 0 Å². The highest BCUT2D eigenvalue weighted by atomic mass is 35.5. The second kappa shape index (κ2) is 8.40. The molecule has 0 saturated carbocycles. The first-order chi connectivity index (χ1) is 13.7. The number of aliphatic carboxylic acids is 1. The van der Waals surface area contributed by atoms with Crippen LogP contribution >= 0.6 is 11.6 Å². The van der Waals surface area contributed by atoms with Crippen molar-refractivity contribution in [3.63, 3.8) is 0 Å². The summed E-state index contributed by atoms with van der Waals surface area (Å²) in [5.74, 6) is -2.02. The summed E-state index contributed by atoms with van der Waals surface area (Å²) in [7, 11) is 0. The lowest BCUT2D eigenvalue weighted by molar-refractivity contribution is -0.152. The molecule has 0 heterocycles. The highest BCUT2D eigenvalue weighted by molar-refractivity contribution is 6.31. The van der Waals surface area contributed by atoms with Gasteiger partial charge in [-0.15, -0.1) is 0 Å². The fourth-order valence-electron chi connectivity index (χ4n) is 2.67. The highest BCUT2D eigenvalue weighted by Crippen LogP contribution is 2.40. The molecule has 0 unspecified atom stereocenters. The Kier molecular flexibility index (Phi) is 6.52. The molecule has 0 spiro atoms. The average molecular weight is 433 g/mol. The van der Waals surface area contributed by atoms with E-state index in [-0.39, 0.29) is 22.8 Å². The second-order valence-corrected chi connectivity index (χ2v) is 8.88. The summed E-state index contributed by atoms with van der Waals surface area (Å²) in [6.07, 6.45) is 2.78. The molecule has 30 heavy (non-hydrogen) atoms. The largest absolute Gasteiger partial charge is 0.507 e. The van der Waals surface area contributed by atoms with Gasteiger partial charge in [-0.2, -0.15) is 0 Å². The van der Waals surface area contributed by atoms with Gasteiger partial charge >= 0.3 is 5.97 Å². The normalized spacial score (nSPS) is 12.2. The van der Waals surface area contributed by atoms with E-state index >= 15 is 0 Å². The zero-order valence-electron chi connectivity index (χ0n) is 17.5. The van der Waals surface area contributed by atoms with Crippen molar-refractivity contribution < 1.29 is 29.6 Å². The zero-order chi connectivity index (χ0) is 22.9. The molecule has 0 fully saturated rings. The van der Waals surface area contributed by atoms with E-state index in [4.69, 9.17) is 16.3 Å². The van der Waals surface area contributed by atoms with Crippen LogP contribution in [0.15, 0.2) is 36.4 Å². The molecule has 7 heteroatoms. The smallest absolute Gasteiger partial charge is 0.347 e. The van der Waals surface area contributed by atoms with Crippen molar-refractivity contribution in [3.8, 4) is 17.2 Å². The quantitative estimate of drug-likeness (QED) is 0.428. The van der Waals surface area contributed by atoms with Crippen molar-refractivity contribution in [1.29, 1.82) is 0 Å². The number of rotatable bonds is 6. The topological polar surface area (TPSA) is 104 Å². The van der Waals surface area contributed by atoms with Crippen molar-refractivity contribution in [2.45, 2.75) is 45.6 Å².